The quantitative estimate of drug-likeness (QED) is 0.874. The summed E-state index contributed by atoms with van der Waals surface area (Å²) in [5.74, 6) is 1.08. The van der Waals surface area contributed by atoms with Crippen molar-refractivity contribution >= 4 is 17.4 Å². The molecule has 1 aromatic rings. The Morgan fingerprint density at radius 3 is 3.00 bits per heavy atom. The van der Waals surface area contributed by atoms with Crippen LogP contribution in [0.15, 0.2) is 23.1 Å². The number of benzene rings is 1. The lowest BCUT2D eigenvalue weighted by molar-refractivity contribution is 0.278. The molecule has 88 valence electrons. The molecule has 1 aliphatic rings. The fourth-order valence-corrected chi connectivity index (χ4v) is 3.46. The van der Waals surface area contributed by atoms with Gasteiger partial charge in [0.05, 0.1) is 5.69 Å². The molecule has 0 fully saturated rings. The molecule has 2 rings (SSSR count). The van der Waals surface area contributed by atoms with Gasteiger partial charge < -0.3 is 10.0 Å². The van der Waals surface area contributed by atoms with Crippen molar-refractivity contribution in [2.75, 3.05) is 24.3 Å². The van der Waals surface area contributed by atoms with E-state index >= 15 is 0 Å². The van der Waals surface area contributed by atoms with Crippen LogP contribution in [0.2, 0.25) is 0 Å². The van der Waals surface area contributed by atoms with Gasteiger partial charge in [0.1, 0.15) is 0 Å². The molecule has 3 heteroatoms. The highest BCUT2D eigenvalue weighted by Crippen LogP contribution is 2.37. The molecule has 1 N–H and O–H groups in total. The maximum Gasteiger partial charge on any atom is 0.0504 e. The summed E-state index contributed by atoms with van der Waals surface area (Å²) in [5.41, 5.74) is 2.71. The van der Waals surface area contributed by atoms with E-state index in [1.165, 1.54) is 16.1 Å². The Labute approximate surface area is 102 Å². The van der Waals surface area contributed by atoms with Crippen LogP contribution in [0.4, 0.5) is 5.69 Å². The van der Waals surface area contributed by atoms with Crippen molar-refractivity contribution < 1.29 is 5.11 Å². The van der Waals surface area contributed by atoms with Crippen molar-refractivity contribution in [1.29, 1.82) is 0 Å². The Bertz CT molecular complexity index is 367. The number of thioether (sulfide) groups is 1. The van der Waals surface area contributed by atoms with Gasteiger partial charge in [-0.1, -0.05) is 13.0 Å². The van der Waals surface area contributed by atoms with Gasteiger partial charge in [0.25, 0.3) is 0 Å². The highest BCUT2D eigenvalue weighted by molar-refractivity contribution is 7.99. The first-order valence-electron chi connectivity index (χ1n) is 5.85. The lowest BCUT2D eigenvalue weighted by Crippen LogP contribution is -2.37. The maximum absolute atomic E-state index is 9.03. The van der Waals surface area contributed by atoms with E-state index in [0.29, 0.717) is 6.04 Å². The van der Waals surface area contributed by atoms with Crippen molar-refractivity contribution in [2.24, 2.45) is 0 Å². The van der Waals surface area contributed by atoms with Crippen LogP contribution in [0.25, 0.3) is 0 Å². The van der Waals surface area contributed by atoms with Gasteiger partial charge in [-0.25, -0.2) is 0 Å². The van der Waals surface area contributed by atoms with Gasteiger partial charge in [0.2, 0.25) is 0 Å². The monoisotopic (exact) mass is 237 g/mol. The molecule has 0 aromatic heterocycles. The fourth-order valence-electron chi connectivity index (χ4n) is 2.11. The van der Waals surface area contributed by atoms with Gasteiger partial charge in [-0.2, -0.15) is 0 Å². The molecule has 16 heavy (non-hydrogen) atoms. The van der Waals surface area contributed by atoms with Crippen molar-refractivity contribution in [3.63, 3.8) is 0 Å². The Balaban J connectivity index is 2.24. The molecule has 0 saturated heterocycles. The third-order valence-electron chi connectivity index (χ3n) is 3.25. The standard InChI is InChI=1S/C13H19NOS/c1-3-10-4-5-12-13(8-10)16-9-11(6-7-15)14(12)2/h4-5,8,11,15H,3,6-7,9H2,1-2H3. The molecule has 0 saturated carbocycles. The van der Waals surface area contributed by atoms with Crippen molar-refractivity contribution in [2.45, 2.75) is 30.7 Å². The van der Waals surface area contributed by atoms with Gasteiger partial charge >= 0.3 is 0 Å². The van der Waals surface area contributed by atoms with E-state index in [9.17, 15) is 0 Å². The average Bonchev–Trinajstić information content (AvgIpc) is 2.32. The first-order chi connectivity index (χ1) is 7.76. The van der Waals surface area contributed by atoms with Gasteiger partial charge in [-0.3, -0.25) is 0 Å². The molecule has 1 atom stereocenters. The van der Waals surface area contributed by atoms with Crippen LogP contribution in [0, 0.1) is 0 Å². The molecular weight excluding hydrogens is 218 g/mol. The van der Waals surface area contributed by atoms with Gasteiger partial charge in [0.15, 0.2) is 0 Å². The molecule has 1 heterocycles. The Kier molecular flexibility index (Phi) is 3.77. The number of hydrogen-bond donors (Lipinski definition) is 1. The number of anilines is 1. The molecule has 1 unspecified atom stereocenters. The second kappa shape index (κ2) is 5.11. The summed E-state index contributed by atoms with van der Waals surface area (Å²) < 4.78 is 0. The number of nitrogens with zero attached hydrogens (tertiary/aromatic N) is 1. The molecule has 0 radical (unpaired) electrons. The van der Waals surface area contributed by atoms with Crippen molar-refractivity contribution in [3.05, 3.63) is 23.8 Å². The third kappa shape index (κ3) is 2.20. The zero-order valence-electron chi connectivity index (χ0n) is 9.94. The fraction of sp³-hybridized carbons (Fsp3) is 0.538. The lowest BCUT2D eigenvalue weighted by Gasteiger charge is -2.35. The van der Waals surface area contributed by atoms with Gasteiger partial charge in [-0.15, -0.1) is 11.8 Å². The summed E-state index contributed by atoms with van der Waals surface area (Å²) in [6.07, 6.45) is 1.95. The number of aliphatic hydroxyl groups excluding tert-OH is 1. The van der Waals surface area contributed by atoms with Crippen LogP contribution < -0.4 is 4.90 Å². The summed E-state index contributed by atoms with van der Waals surface area (Å²) >= 11 is 1.92. The van der Waals surface area contributed by atoms with Crippen LogP contribution in [-0.4, -0.2) is 30.6 Å². The second-order valence-corrected chi connectivity index (χ2v) is 5.31. The van der Waals surface area contributed by atoms with Crippen LogP contribution in [0.5, 0.6) is 0 Å². The summed E-state index contributed by atoms with van der Waals surface area (Å²) in [4.78, 5) is 3.69. The number of hydrogen-bond acceptors (Lipinski definition) is 3. The Morgan fingerprint density at radius 2 is 2.31 bits per heavy atom. The zero-order valence-corrected chi connectivity index (χ0v) is 10.8. The minimum atomic E-state index is 0.276. The van der Waals surface area contributed by atoms with E-state index < -0.39 is 0 Å². The average molecular weight is 237 g/mol. The summed E-state index contributed by atoms with van der Waals surface area (Å²) in [7, 11) is 2.13. The highest BCUT2D eigenvalue weighted by Gasteiger charge is 2.23. The second-order valence-electron chi connectivity index (χ2n) is 4.24. The largest absolute Gasteiger partial charge is 0.396 e. The molecule has 1 aromatic carbocycles. The molecular formula is C13H19NOS. The van der Waals surface area contributed by atoms with Gasteiger partial charge in [0, 0.05) is 30.3 Å². The van der Waals surface area contributed by atoms with Crippen LogP contribution in [0.3, 0.4) is 0 Å². The van der Waals surface area contributed by atoms with E-state index in [2.05, 4.69) is 37.1 Å². The first-order valence-corrected chi connectivity index (χ1v) is 6.84. The van der Waals surface area contributed by atoms with Crippen molar-refractivity contribution in [3.8, 4) is 0 Å². The number of fused-ring (bicyclic) bond motifs is 1. The SMILES string of the molecule is CCc1ccc2c(c1)SCC(CCO)N2C. The number of rotatable bonds is 3. The van der Waals surface area contributed by atoms with E-state index in [-0.39, 0.29) is 6.61 Å². The van der Waals surface area contributed by atoms with Crippen molar-refractivity contribution in [1.82, 2.24) is 0 Å². The minimum Gasteiger partial charge on any atom is -0.396 e. The highest BCUT2D eigenvalue weighted by atomic mass is 32.2. The lowest BCUT2D eigenvalue weighted by atomic mass is 10.1. The smallest absolute Gasteiger partial charge is 0.0504 e. The topological polar surface area (TPSA) is 23.5 Å². The van der Waals surface area contributed by atoms with Crippen LogP contribution in [0.1, 0.15) is 18.9 Å². The summed E-state index contributed by atoms with van der Waals surface area (Å²) in [5, 5.41) is 9.03. The molecule has 0 bridgehead atoms. The predicted molar refractivity (Wildman–Crippen MR) is 70.4 cm³/mol. The zero-order chi connectivity index (χ0) is 11.5. The molecule has 1 aliphatic heterocycles. The number of aryl methyl sites for hydroxylation is 1. The Morgan fingerprint density at radius 1 is 1.50 bits per heavy atom. The maximum atomic E-state index is 9.03. The Hall–Kier alpha value is -0.670. The molecule has 0 spiro atoms. The molecule has 2 nitrogen and oxygen atoms in total. The van der Waals surface area contributed by atoms with Crippen LogP contribution in [-0.2, 0) is 6.42 Å². The van der Waals surface area contributed by atoms with Gasteiger partial charge in [-0.05, 0) is 30.5 Å². The summed E-state index contributed by atoms with van der Waals surface area (Å²) in [6.45, 7) is 2.46. The molecule has 0 aliphatic carbocycles. The predicted octanol–water partition coefficient (Wildman–Crippen LogP) is 2.54. The normalized spacial score (nSPS) is 19.7. The van der Waals surface area contributed by atoms with E-state index in [1.54, 1.807) is 0 Å². The first kappa shape index (κ1) is 11.8. The van der Waals surface area contributed by atoms with Crippen LogP contribution >= 0.6 is 11.8 Å². The van der Waals surface area contributed by atoms with E-state index in [4.69, 9.17) is 5.11 Å². The minimum absolute atomic E-state index is 0.276. The summed E-state index contributed by atoms with van der Waals surface area (Å²) in [6, 6.07) is 7.18. The van der Waals surface area contributed by atoms with E-state index in [0.717, 1.165) is 18.6 Å². The van der Waals surface area contributed by atoms with E-state index in [1.807, 2.05) is 11.8 Å². The molecule has 0 amide bonds. The third-order valence-corrected chi connectivity index (χ3v) is 4.44. The number of aliphatic hydroxyl groups is 1.